The molecule has 122 valence electrons. The molecule has 1 rings (SSSR count). The molecule has 1 aromatic rings. The normalized spacial score (nSPS) is 11.9. The van der Waals surface area contributed by atoms with Crippen LogP contribution in [-0.2, 0) is 14.3 Å². The first kappa shape index (κ1) is 18.2. The molecule has 1 unspecified atom stereocenters. The number of carbonyl (C=O) groups is 2. The Labute approximate surface area is 135 Å². The Morgan fingerprint density at radius 3 is 2.82 bits per heavy atom. The second-order valence-electron chi connectivity index (χ2n) is 4.42. The Morgan fingerprint density at radius 2 is 2.27 bits per heavy atom. The van der Waals surface area contributed by atoms with Gasteiger partial charge < -0.3 is 14.9 Å². The van der Waals surface area contributed by atoms with Crippen molar-refractivity contribution in [2.75, 3.05) is 18.5 Å². The van der Waals surface area contributed by atoms with Gasteiger partial charge in [0.15, 0.2) is 0 Å². The first-order valence-electron chi connectivity index (χ1n) is 6.66. The van der Waals surface area contributed by atoms with Crippen molar-refractivity contribution < 1.29 is 19.2 Å². The number of amides is 2. The second-order valence-corrected chi connectivity index (χ2v) is 4.98. The Kier molecular flexibility index (Phi) is 7.67. The van der Waals surface area contributed by atoms with E-state index < -0.39 is 28.6 Å². The van der Waals surface area contributed by atoms with Crippen molar-refractivity contribution in [1.82, 2.24) is 15.3 Å². The van der Waals surface area contributed by atoms with Gasteiger partial charge in [0.25, 0.3) is 0 Å². The van der Waals surface area contributed by atoms with Crippen molar-refractivity contribution in [3.05, 3.63) is 22.0 Å². The predicted octanol–water partition coefficient (Wildman–Crippen LogP) is 1.26. The predicted molar refractivity (Wildman–Crippen MR) is 80.7 cm³/mol. The van der Waals surface area contributed by atoms with Crippen LogP contribution in [0.15, 0.2) is 6.20 Å². The quantitative estimate of drug-likeness (QED) is 0.289. The number of nitro groups is 1. The van der Waals surface area contributed by atoms with Crippen molar-refractivity contribution in [2.24, 2.45) is 0 Å². The highest BCUT2D eigenvalue weighted by molar-refractivity contribution is 9.09. The maximum absolute atomic E-state index is 12.1. The summed E-state index contributed by atoms with van der Waals surface area (Å²) in [7, 11) is 0. The fourth-order valence-electron chi connectivity index (χ4n) is 1.73. The van der Waals surface area contributed by atoms with Crippen LogP contribution in [0.1, 0.15) is 31.4 Å². The van der Waals surface area contributed by atoms with Gasteiger partial charge in [-0.15, -0.1) is 0 Å². The van der Waals surface area contributed by atoms with Gasteiger partial charge >= 0.3 is 5.95 Å². The monoisotopic (exact) mass is 376 g/mol. The minimum absolute atomic E-state index is 0.0130. The lowest BCUT2D eigenvalue weighted by molar-refractivity contribution is -0.393. The van der Waals surface area contributed by atoms with E-state index in [0.717, 1.165) is 6.42 Å². The minimum Gasteiger partial charge on any atom is -0.390 e. The molecule has 0 aromatic carbocycles. The third kappa shape index (κ3) is 5.53. The van der Waals surface area contributed by atoms with Gasteiger partial charge in [-0.3, -0.25) is 14.9 Å². The van der Waals surface area contributed by atoms with Gasteiger partial charge in [-0.2, -0.15) is 0 Å². The summed E-state index contributed by atoms with van der Waals surface area (Å²) in [4.78, 5) is 39.5. The van der Waals surface area contributed by atoms with Crippen LogP contribution in [0, 0.1) is 10.1 Å². The minimum atomic E-state index is -0.777. The molecule has 22 heavy (non-hydrogen) atoms. The maximum atomic E-state index is 12.1. The Bertz CT molecular complexity index is 533. The van der Waals surface area contributed by atoms with Crippen molar-refractivity contribution in [2.45, 2.75) is 25.7 Å². The number of halogens is 1. The molecule has 0 spiro atoms. The number of aromatic nitrogens is 2. The van der Waals surface area contributed by atoms with Gasteiger partial charge in [0.1, 0.15) is 11.9 Å². The summed E-state index contributed by atoms with van der Waals surface area (Å²) in [5, 5.41) is 12.9. The number of nitrogens with zero attached hydrogens (tertiary/aromatic N) is 2. The van der Waals surface area contributed by atoms with Crippen molar-refractivity contribution in [3.63, 3.8) is 0 Å². The molecular formula is C12H17BrN4O5. The van der Waals surface area contributed by atoms with Crippen molar-refractivity contribution >= 4 is 33.7 Å². The number of H-pyrrole nitrogens is 1. The summed E-state index contributed by atoms with van der Waals surface area (Å²) in [5.74, 6) is -2.27. The first-order chi connectivity index (χ1) is 10.5. The van der Waals surface area contributed by atoms with Crippen LogP contribution >= 0.6 is 15.9 Å². The molecule has 0 bridgehead atoms. The Balaban J connectivity index is 2.81. The highest BCUT2D eigenvalue weighted by atomic mass is 79.9. The van der Waals surface area contributed by atoms with Crippen LogP contribution in [0.2, 0.25) is 0 Å². The van der Waals surface area contributed by atoms with E-state index in [-0.39, 0.29) is 17.4 Å². The van der Waals surface area contributed by atoms with Crippen LogP contribution in [0.25, 0.3) is 0 Å². The zero-order valence-corrected chi connectivity index (χ0v) is 13.6. The lowest BCUT2D eigenvalue weighted by Gasteiger charge is -2.13. The summed E-state index contributed by atoms with van der Waals surface area (Å²) in [5.41, 5.74) is 0.270. The number of ether oxygens (including phenoxy) is 1. The van der Waals surface area contributed by atoms with Gasteiger partial charge in [0, 0.05) is 13.2 Å². The molecule has 1 atom stereocenters. The maximum Gasteiger partial charge on any atom is 0.432 e. The van der Waals surface area contributed by atoms with Crippen molar-refractivity contribution in [1.29, 1.82) is 0 Å². The smallest absolute Gasteiger partial charge is 0.390 e. The van der Waals surface area contributed by atoms with E-state index >= 15 is 0 Å². The molecule has 0 saturated carbocycles. The lowest BCUT2D eigenvalue weighted by atomic mass is 10.0. The molecule has 0 aliphatic heterocycles. The molecule has 0 radical (unpaired) electrons. The number of alkyl halides is 1. The molecular weight excluding hydrogens is 360 g/mol. The van der Waals surface area contributed by atoms with E-state index in [1.807, 2.05) is 6.92 Å². The SMILES string of the molecule is CCCOCCC(C(=O)NC(=O)CBr)c1cnc([N+](=O)[O-])[nH]1. The van der Waals surface area contributed by atoms with Gasteiger partial charge in [-0.25, -0.2) is 4.98 Å². The van der Waals surface area contributed by atoms with Gasteiger partial charge in [-0.1, -0.05) is 27.8 Å². The van der Waals surface area contributed by atoms with Crippen LogP contribution in [0.4, 0.5) is 5.95 Å². The molecule has 9 nitrogen and oxygen atoms in total. The average Bonchev–Trinajstić information content (AvgIpc) is 2.96. The number of rotatable bonds is 9. The summed E-state index contributed by atoms with van der Waals surface area (Å²) in [6, 6.07) is 0. The zero-order chi connectivity index (χ0) is 16.5. The van der Waals surface area contributed by atoms with Crippen LogP contribution < -0.4 is 5.32 Å². The summed E-state index contributed by atoms with van der Waals surface area (Å²) < 4.78 is 5.33. The highest BCUT2D eigenvalue weighted by Crippen LogP contribution is 2.20. The van der Waals surface area contributed by atoms with Crippen LogP contribution in [-0.4, -0.2) is 45.2 Å². The fourth-order valence-corrected chi connectivity index (χ4v) is 1.87. The number of hydrogen-bond donors (Lipinski definition) is 2. The summed E-state index contributed by atoms with van der Waals surface area (Å²) >= 11 is 2.95. The van der Waals surface area contributed by atoms with Gasteiger partial charge in [-0.05, 0) is 17.8 Å². The van der Waals surface area contributed by atoms with Gasteiger partial charge in [0.05, 0.1) is 11.2 Å². The summed E-state index contributed by atoms with van der Waals surface area (Å²) in [6.07, 6.45) is 2.34. The van der Waals surface area contributed by atoms with E-state index in [0.29, 0.717) is 13.2 Å². The third-order valence-corrected chi connectivity index (χ3v) is 3.24. The van der Waals surface area contributed by atoms with Crippen LogP contribution in [0.3, 0.4) is 0 Å². The topological polar surface area (TPSA) is 127 Å². The lowest BCUT2D eigenvalue weighted by Crippen LogP contribution is -2.36. The number of aromatic amines is 1. The van der Waals surface area contributed by atoms with Gasteiger partial charge in [0.2, 0.25) is 11.8 Å². The molecule has 0 aliphatic rings. The Morgan fingerprint density at radius 1 is 1.55 bits per heavy atom. The van der Waals surface area contributed by atoms with E-state index in [2.05, 4.69) is 31.2 Å². The second kappa shape index (κ2) is 9.26. The van der Waals surface area contributed by atoms with Crippen molar-refractivity contribution in [3.8, 4) is 0 Å². The Hall–Kier alpha value is -1.81. The highest BCUT2D eigenvalue weighted by Gasteiger charge is 2.27. The standard InChI is InChI=1S/C12H17BrN4O5/c1-2-4-22-5-3-8(11(19)16-10(18)6-13)9-7-14-12(15-9)17(20)21/h7-8H,2-6H2,1H3,(H,14,15)(H,16,18,19). The third-order valence-electron chi connectivity index (χ3n) is 2.73. The molecule has 2 N–H and O–H groups in total. The molecule has 10 heteroatoms. The van der Waals surface area contributed by atoms with E-state index in [9.17, 15) is 19.7 Å². The first-order valence-corrected chi connectivity index (χ1v) is 7.78. The average molecular weight is 377 g/mol. The number of nitrogens with one attached hydrogen (secondary N) is 2. The van der Waals surface area contributed by atoms with E-state index in [4.69, 9.17) is 4.74 Å². The summed E-state index contributed by atoms with van der Waals surface area (Å²) in [6.45, 7) is 2.80. The molecule has 0 aliphatic carbocycles. The number of imidazole rings is 1. The number of carbonyl (C=O) groups excluding carboxylic acids is 2. The molecule has 2 amide bonds. The largest absolute Gasteiger partial charge is 0.432 e. The zero-order valence-electron chi connectivity index (χ0n) is 12.0. The van der Waals surface area contributed by atoms with E-state index in [1.54, 1.807) is 0 Å². The molecule has 0 saturated heterocycles. The number of imide groups is 1. The van der Waals surface area contributed by atoms with Crippen LogP contribution in [0.5, 0.6) is 0 Å². The molecule has 0 fully saturated rings. The fraction of sp³-hybridized carbons (Fsp3) is 0.583. The molecule has 1 heterocycles. The van der Waals surface area contributed by atoms with E-state index in [1.165, 1.54) is 6.20 Å². The molecule has 1 aromatic heterocycles. The number of hydrogen-bond acceptors (Lipinski definition) is 6.